The summed E-state index contributed by atoms with van der Waals surface area (Å²) in [5.74, 6) is 0.753. The lowest BCUT2D eigenvalue weighted by Crippen LogP contribution is -2.44. The SMILES string of the molecule is C[C@@H]1CCC[C@@H](C)N1CCCNC(=O)c1nn(C)c2c1CSc1ccccc1-2. The molecule has 1 aromatic heterocycles. The van der Waals surface area contributed by atoms with Crippen molar-refractivity contribution in [2.45, 2.75) is 62.3 Å². The van der Waals surface area contributed by atoms with Crippen molar-refractivity contribution in [3.05, 3.63) is 35.5 Å². The molecular weight excluding hydrogens is 368 g/mol. The first-order valence-electron chi connectivity index (χ1n) is 10.4. The average molecular weight is 399 g/mol. The maximum atomic E-state index is 12.8. The van der Waals surface area contributed by atoms with Crippen LogP contribution in [0.4, 0.5) is 0 Å². The maximum Gasteiger partial charge on any atom is 0.272 e. The van der Waals surface area contributed by atoms with Crippen LogP contribution in [0.2, 0.25) is 0 Å². The van der Waals surface area contributed by atoms with Gasteiger partial charge in [-0.2, -0.15) is 5.10 Å². The van der Waals surface area contributed by atoms with E-state index < -0.39 is 0 Å². The van der Waals surface area contributed by atoms with Crippen molar-refractivity contribution in [1.82, 2.24) is 20.0 Å². The van der Waals surface area contributed by atoms with Crippen molar-refractivity contribution in [3.63, 3.8) is 0 Å². The number of fused-ring (bicyclic) bond motifs is 3. The lowest BCUT2D eigenvalue weighted by Gasteiger charge is -2.39. The van der Waals surface area contributed by atoms with E-state index in [-0.39, 0.29) is 5.91 Å². The van der Waals surface area contributed by atoms with E-state index in [0.29, 0.717) is 24.3 Å². The highest BCUT2D eigenvalue weighted by molar-refractivity contribution is 7.98. The van der Waals surface area contributed by atoms with Crippen LogP contribution >= 0.6 is 11.8 Å². The minimum absolute atomic E-state index is 0.0448. The zero-order valence-corrected chi connectivity index (χ0v) is 17.9. The van der Waals surface area contributed by atoms with Gasteiger partial charge >= 0.3 is 0 Å². The summed E-state index contributed by atoms with van der Waals surface area (Å²) in [7, 11) is 1.93. The Balaban J connectivity index is 1.39. The summed E-state index contributed by atoms with van der Waals surface area (Å²) in [4.78, 5) is 16.7. The molecule has 0 radical (unpaired) electrons. The fraction of sp³-hybridized carbons (Fsp3) is 0.545. The summed E-state index contributed by atoms with van der Waals surface area (Å²) in [5.41, 5.74) is 3.90. The van der Waals surface area contributed by atoms with Gasteiger partial charge in [0.2, 0.25) is 0 Å². The normalized spacial score (nSPS) is 21.8. The molecule has 3 heterocycles. The molecule has 2 aliphatic heterocycles. The third kappa shape index (κ3) is 3.72. The molecular formula is C22H30N4OS. The molecule has 5 nitrogen and oxygen atoms in total. The summed E-state index contributed by atoms with van der Waals surface area (Å²) < 4.78 is 1.86. The van der Waals surface area contributed by atoms with E-state index in [1.165, 1.54) is 29.7 Å². The predicted octanol–water partition coefficient (Wildman–Crippen LogP) is 4.08. The van der Waals surface area contributed by atoms with Crippen molar-refractivity contribution in [1.29, 1.82) is 0 Å². The number of nitrogens with zero attached hydrogens (tertiary/aromatic N) is 3. The molecule has 1 N–H and O–H groups in total. The number of nitrogens with one attached hydrogen (secondary N) is 1. The fourth-order valence-electron chi connectivity index (χ4n) is 4.62. The number of aromatic nitrogens is 2. The van der Waals surface area contributed by atoms with Gasteiger partial charge in [0.25, 0.3) is 5.91 Å². The van der Waals surface area contributed by atoms with Gasteiger partial charge in [-0.1, -0.05) is 24.6 Å². The van der Waals surface area contributed by atoms with Crippen molar-refractivity contribution in [2.75, 3.05) is 13.1 Å². The van der Waals surface area contributed by atoms with Gasteiger partial charge in [-0.25, -0.2) is 0 Å². The number of thioether (sulfide) groups is 1. The quantitative estimate of drug-likeness (QED) is 0.771. The molecule has 1 saturated heterocycles. The zero-order valence-electron chi connectivity index (χ0n) is 17.1. The number of benzene rings is 1. The second-order valence-corrected chi connectivity index (χ2v) is 9.08. The minimum Gasteiger partial charge on any atom is -0.351 e. The summed E-state index contributed by atoms with van der Waals surface area (Å²) in [6.45, 7) is 6.39. The first-order chi connectivity index (χ1) is 13.6. The number of likely N-dealkylation sites (tertiary alicyclic amines) is 1. The Bertz CT molecular complexity index is 852. The summed E-state index contributed by atoms with van der Waals surface area (Å²) in [5, 5.41) is 7.67. The highest BCUT2D eigenvalue weighted by atomic mass is 32.2. The third-order valence-corrected chi connectivity index (χ3v) is 7.23. The lowest BCUT2D eigenvalue weighted by molar-refractivity contribution is 0.0920. The van der Waals surface area contributed by atoms with Gasteiger partial charge in [0.1, 0.15) is 0 Å². The number of amides is 1. The van der Waals surface area contributed by atoms with E-state index in [0.717, 1.165) is 30.0 Å². The molecule has 0 aliphatic carbocycles. The molecule has 28 heavy (non-hydrogen) atoms. The van der Waals surface area contributed by atoms with Gasteiger partial charge in [-0.05, 0) is 39.2 Å². The Morgan fingerprint density at radius 1 is 1.25 bits per heavy atom. The topological polar surface area (TPSA) is 50.2 Å². The van der Waals surface area contributed by atoms with E-state index in [4.69, 9.17) is 0 Å². The summed E-state index contributed by atoms with van der Waals surface area (Å²) in [6, 6.07) is 9.66. The Morgan fingerprint density at radius 3 is 2.79 bits per heavy atom. The standard InChI is InChI=1S/C22H30N4OS/c1-15-8-6-9-16(2)26(15)13-7-12-23-22(27)20-18-14-28-19-11-5-4-10-17(19)21(18)25(3)24-20/h4-5,10-11,15-16H,6-9,12-14H2,1-3H3,(H,23,27)/t15-,16-/m1/s1. The van der Waals surface area contributed by atoms with Gasteiger partial charge in [0, 0.05) is 54.0 Å². The second-order valence-electron chi connectivity index (χ2n) is 8.06. The Hall–Kier alpha value is -1.79. The maximum absolute atomic E-state index is 12.8. The molecule has 1 amide bonds. The number of aryl methyl sites for hydroxylation is 1. The van der Waals surface area contributed by atoms with Crippen LogP contribution in [0.3, 0.4) is 0 Å². The van der Waals surface area contributed by atoms with Crippen LogP contribution in [0.25, 0.3) is 11.3 Å². The number of piperidine rings is 1. The van der Waals surface area contributed by atoms with Crippen molar-refractivity contribution >= 4 is 17.7 Å². The van der Waals surface area contributed by atoms with Gasteiger partial charge in [0.15, 0.2) is 5.69 Å². The zero-order chi connectivity index (χ0) is 19.7. The lowest BCUT2D eigenvalue weighted by atomic mass is 9.97. The average Bonchev–Trinajstić information content (AvgIpc) is 3.04. The molecule has 2 aliphatic rings. The van der Waals surface area contributed by atoms with E-state index >= 15 is 0 Å². The molecule has 2 atom stereocenters. The van der Waals surface area contributed by atoms with Crippen LogP contribution in [-0.2, 0) is 12.8 Å². The minimum atomic E-state index is -0.0448. The van der Waals surface area contributed by atoms with Gasteiger partial charge in [0.05, 0.1) is 5.69 Å². The highest BCUT2D eigenvalue weighted by Gasteiger charge is 2.28. The van der Waals surface area contributed by atoms with Crippen LogP contribution in [0.5, 0.6) is 0 Å². The second kappa shape index (κ2) is 8.29. The van der Waals surface area contributed by atoms with Gasteiger partial charge in [-0.15, -0.1) is 11.8 Å². The fourth-order valence-corrected chi connectivity index (χ4v) is 5.69. The number of hydrogen-bond acceptors (Lipinski definition) is 4. The molecule has 1 fully saturated rings. The molecule has 2 aromatic rings. The van der Waals surface area contributed by atoms with Crippen LogP contribution < -0.4 is 5.32 Å². The Labute approximate surface area is 171 Å². The largest absolute Gasteiger partial charge is 0.351 e. The molecule has 0 unspecified atom stereocenters. The molecule has 0 bridgehead atoms. The summed E-state index contributed by atoms with van der Waals surface area (Å²) >= 11 is 1.78. The van der Waals surface area contributed by atoms with Gasteiger partial charge in [-0.3, -0.25) is 14.4 Å². The van der Waals surface area contributed by atoms with Crippen molar-refractivity contribution < 1.29 is 4.79 Å². The van der Waals surface area contributed by atoms with Crippen LogP contribution in [0, 0.1) is 0 Å². The first kappa shape index (κ1) is 19.5. The number of carbonyl (C=O) groups excluding carboxylic acids is 1. The molecule has 150 valence electrons. The van der Waals surface area contributed by atoms with Crippen LogP contribution in [-0.4, -0.2) is 45.8 Å². The van der Waals surface area contributed by atoms with Crippen LogP contribution in [0.15, 0.2) is 29.2 Å². The van der Waals surface area contributed by atoms with Crippen molar-refractivity contribution in [3.8, 4) is 11.3 Å². The number of hydrogen-bond donors (Lipinski definition) is 1. The Morgan fingerprint density at radius 2 is 2.00 bits per heavy atom. The predicted molar refractivity (Wildman–Crippen MR) is 115 cm³/mol. The monoisotopic (exact) mass is 398 g/mol. The molecule has 6 heteroatoms. The smallest absolute Gasteiger partial charge is 0.272 e. The van der Waals surface area contributed by atoms with Crippen molar-refractivity contribution in [2.24, 2.45) is 7.05 Å². The molecule has 4 rings (SSSR count). The number of carbonyl (C=O) groups is 1. The van der Waals surface area contributed by atoms with E-state index in [1.54, 1.807) is 11.8 Å². The van der Waals surface area contributed by atoms with E-state index in [1.807, 2.05) is 17.8 Å². The third-order valence-electron chi connectivity index (χ3n) is 6.13. The molecule has 0 spiro atoms. The van der Waals surface area contributed by atoms with E-state index in [2.05, 4.69) is 47.4 Å². The highest BCUT2D eigenvalue weighted by Crippen LogP contribution is 2.42. The first-order valence-corrected chi connectivity index (χ1v) is 11.4. The Kier molecular flexibility index (Phi) is 5.78. The number of rotatable bonds is 5. The van der Waals surface area contributed by atoms with Gasteiger partial charge < -0.3 is 5.32 Å². The summed E-state index contributed by atoms with van der Waals surface area (Å²) in [6.07, 6.45) is 4.89. The molecule has 1 aromatic carbocycles. The molecule has 0 saturated carbocycles. The van der Waals surface area contributed by atoms with E-state index in [9.17, 15) is 4.79 Å². The van der Waals surface area contributed by atoms with Crippen LogP contribution in [0.1, 0.15) is 55.6 Å².